The highest BCUT2D eigenvalue weighted by Gasteiger charge is 2.06. The standard InChI is InChI=1S/C8H10BrN5/c9-2-1-3-14-5-13-6-7(10)11-4-12-8(6)14/h4-5H,1-3H2,(H2,10,11,12). The Labute approximate surface area is 89.5 Å². The Hall–Kier alpha value is -1.17. The summed E-state index contributed by atoms with van der Waals surface area (Å²) in [4.78, 5) is 12.2. The van der Waals surface area contributed by atoms with Crippen molar-refractivity contribution in [2.24, 2.45) is 0 Å². The lowest BCUT2D eigenvalue weighted by molar-refractivity contribution is 0.698. The van der Waals surface area contributed by atoms with E-state index in [4.69, 9.17) is 5.73 Å². The number of nitrogen functional groups attached to an aromatic ring is 1. The van der Waals surface area contributed by atoms with Gasteiger partial charge in [0.1, 0.15) is 11.8 Å². The fourth-order valence-electron chi connectivity index (χ4n) is 1.29. The summed E-state index contributed by atoms with van der Waals surface area (Å²) in [7, 11) is 0. The van der Waals surface area contributed by atoms with Gasteiger partial charge in [-0.25, -0.2) is 15.0 Å². The zero-order valence-corrected chi connectivity index (χ0v) is 9.11. The zero-order chi connectivity index (χ0) is 9.97. The number of nitrogens with zero attached hydrogens (tertiary/aromatic N) is 4. The molecule has 14 heavy (non-hydrogen) atoms. The average Bonchev–Trinajstić information content (AvgIpc) is 2.60. The van der Waals surface area contributed by atoms with Crippen molar-refractivity contribution in [3.8, 4) is 0 Å². The van der Waals surface area contributed by atoms with Crippen molar-refractivity contribution in [1.29, 1.82) is 0 Å². The lowest BCUT2D eigenvalue weighted by atomic mass is 10.4. The van der Waals surface area contributed by atoms with E-state index < -0.39 is 0 Å². The summed E-state index contributed by atoms with van der Waals surface area (Å²) in [6.45, 7) is 0.887. The van der Waals surface area contributed by atoms with Crippen LogP contribution in [-0.2, 0) is 6.54 Å². The third-order valence-corrected chi connectivity index (χ3v) is 2.52. The van der Waals surface area contributed by atoms with E-state index in [9.17, 15) is 0 Å². The lowest BCUT2D eigenvalue weighted by Gasteiger charge is -2.00. The fraction of sp³-hybridized carbons (Fsp3) is 0.375. The van der Waals surface area contributed by atoms with Gasteiger partial charge in [0, 0.05) is 11.9 Å². The van der Waals surface area contributed by atoms with Gasteiger partial charge in [0.05, 0.1) is 6.33 Å². The zero-order valence-electron chi connectivity index (χ0n) is 7.52. The van der Waals surface area contributed by atoms with Gasteiger partial charge in [0.15, 0.2) is 11.5 Å². The maximum atomic E-state index is 5.66. The van der Waals surface area contributed by atoms with Crippen molar-refractivity contribution in [1.82, 2.24) is 19.5 Å². The fourth-order valence-corrected chi connectivity index (χ4v) is 1.54. The molecule has 0 saturated carbocycles. The number of aryl methyl sites for hydroxylation is 1. The van der Waals surface area contributed by atoms with Gasteiger partial charge in [-0.3, -0.25) is 0 Å². The number of hydrogen-bond acceptors (Lipinski definition) is 4. The van der Waals surface area contributed by atoms with Crippen LogP contribution in [0.25, 0.3) is 11.2 Å². The largest absolute Gasteiger partial charge is 0.382 e. The van der Waals surface area contributed by atoms with E-state index in [1.165, 1.54) is 6.33 Å². The van der Waals surface area contributed by atoms with Crippen LogP contribution in [0.3, 0.4) is 0 Å². The Morgan fingerprint density at radius 2 is 2.21 bits per heavy atom. The van der Waals surface area contributed by atoms with E-state index in [1.54, 1.807) is 6.33 Å². The van der Waals surface area contributed by atoms with Crippen LogP contribution >= 0.6 is 15.9 Å². The van der Waals surface area contributed by atoms with Gasteiger partial charge in [-0.15, -0.1) is 0 Å². The lowest BCUT2D eigenvalue weighted by Crippen LogP contribution is -1.99. The number of nitrogens with two attached hydrogens (primary N) is 1. The third kappa shape index (κ3) is 1.57. The van der Waals surface area contributed by atoms with Crippen LogP contribution in [0.1, 0.15) is 6.42 Å². The number of imidazole rings is 1. The van der Waals surface area contributed by atoms with Crippen molar-refractivity contribution < 1.29 is 0 Å². The molecule has 2 heterocycles. The third-order valence-electron chi connectivity index (χ3n) is 1.96. The van der Waals surface area contributed by atoms with E-state index in [1.807, 2.05) is 4.57 Å². The minimum absolute atomic E-state index is 0.438. The summed E-state index contributed by atoms with van der Waals surface area (Å²) in [5.41, 5.74) is 7.15. The summed E-state index contributed by atoms with van der Waals surface area (Å²) in [5, 5.41) is 0.966. The highest BCUT2D eigenvalue weighted by Crippen LogP contribution is 2.14. The van der Waals surface area contributed by atoms with Gasteiger partial charge in [-0.1, -0.05) is 15.9 Å². The molecule has 0 aliphatic heterocycles. The Kier molecular flexibility index (Phi) is 2.62. The second kappa shape index (κ2) is 3.91. The first-order valence-corrected chi connectivity index (χ1v) is 5.42. The number of anilines is 1. The molecule has 6 heteroatoms. The number of alkyl halides is 1. The molecule has 0 aliphatic carbocycles. The Morgan fingerprint density at radius 3 is 3.00 bits per heavy atom. The number of hydrogen-bond donors (Lipinski definition) is 1. The predicted molar refractivity (Wildman–Crippen MR) is 58.1 cm³/mol. The summed E-state index contributed by atoms with van der Waals surface area (Å²) < 4.78 is 1.98. The minimum atomic E-state index is 0.438. The van der Waals surface area contributed by atoms with E-state index in [0.717, 1.165) is 23.9 Å². The maximum Gasteiger partial charge on any atom is 0.165 e. The van der Waals surface area contributed by atoms with E-state index in [-0.39, 0.29) is 0 Å². The SMILES string of the molecule is Nc1ncnc2c1ncn2CCCBr. The molecule has 0 radical (unpaired) electrons. The smallest absolute Gasteiger partial charge is 0.165 e. The number of fused-ring (bicyclic) bond motifs is 1. The molecule has 0 aromatic carbocycles. The van der Waals surface area contributed by atoms with Gasteiger partial charge >= 0.3 is 0 Å². The summed E-state index contributed by atoms with van der Waals surface area (Å²) in [5.74, 6) is 0.438. The molecule has 0 atom stereocenters. The number of rotatable bonds is 3. The van der Waals surface area contributed by atoms with E-state index in [2.05, 4.69) is 30.9 Å². The summed E-state index contributed by atoms with van der Waals surface area (Å²) >= 11 is 3.38. The van der Waals surface area contributed by atoms with Crippen molar-refractivity contribution in [2.45, 2.75) is 13.0 Å². The van der Waals surface area contributed by atoms with Crippen molar-refractivity contribution in [2.75, 3.05) is 11.1 Å². The van der Waals surface area contributed by atoms with Gasteiger partial charge in [0.2, 0.25) is 0 Å². The molecule has 2 aromatic rings. The molecule has 0 aliphatic rings. The van der Waals surface area contributed by atoms with Gasteiger partial charge in [0.25, 0.3) is 0 Å². The second-order valence-corrected chi connectivity index (χ2v) is 3.70. The first-order valence-electron chi connectivity index (χ1n) is 4.30. The molecule has 5 nitrogen and oxygen atoms in total. The Morgan fingerprint density at radius 1 is 1.36 bits per heavy atom. The maximum absolute atomic E-state index is 5.66. The van der Waals surface area contributed by atoms with Crippen molar-refractivity contribution in [3.05, 3.63) is 12.7 Å². The Bertz CT molecular complexity index is 438. The molecular weight excluding hydrogens is 246 g/mol. The predicted octanol–water partition coefficient (Wildman–Crippen LogP) is 1.19. The normalized spacial score (nSPS) is 10.9. The average molecular weight is 256 g/mol. The van der Waals surface area contributed by atoms with Crippen LogP contribution in [0.4, 0.5) is 5.82 Å². The minimum Gasteiger partial charge on any atom is -0.382 e. The second-order valence-electron chi connectivity index (χ2n) is 2.91. The van der Waals surface area contributed by atoms with E-state index >= 15 is 0 Å². The molecule has 0 saturated heterocycles. The molecule has 0 spiro atoms. The molecule has 0 fully saturated rings. The molecule has 0 unspecified atom stereocenters. The molecule has 0 bridgehead atoms. The van der Waals surface area contributed by atoms with Gasteiger partial charge in [-0.05, 0) is 6.42 Å². The monoisotopic (exact) mass is 255 g/mol. The molecule has 2 rings (SSSR count). The highest BCUT2D eigenvalue weighted by atomic mass is 79.9. The molecule has 74 valence electrons. The Balaban J connectivity index is 2.42. The summed E-state index contributed by atoms with van der Waals surface area (Å²) in [6.07, 6.45) is 4.25. The van der Waals surface area contributed by atoms with Crippen LogP contribution in [0.5, 0.6) is 0 Å². The first kappa shape index (κ1) is 9.39. The highest BCUT2D eigenvalue weighted by molar-refractivity contribution is 9.09. The van der Waals surface area contributed by atoms with Crippen LogP contribution in [0.15, 0.2) is 12.7 Å². The summed E-state index contributed by atoms with van der Waals surface area (Å²) in [6, 6.07) is 0. The van der Waals surface area contributed by atoms with Crippen LogP contribution in [-0.4, -0.2) is 24.8 Å². The number of halogens is 1. The molecular formula is C8H10BrN5. The number of aromatic nitrogens is 4. The van der Waals surface area contributed by atoms with Gasteiger partial charge < -0.3 is 10.3 Å². The van der Waals surface area contributed by atoms with Crippen LogP contribution < -0.4 is 5.73 Å². The van der Waals surface area contributed by atoms with E-state index in [0.29, 0.717) is 11.3 Å². The topological polar surface area (TPSA) is 69.6 Å². The van der Waals surface area contributed by atoms with Crippen LogP contribution in [0, 0.1) is 0 Å². The molecule has 2 N–H and O–H groups in total. The van der Waals surface area contributed by atoms with Crippen molar-refractivity contribution >= 4 is 32.9 Å². The van der Waals surface area contributed by atoms with Gasteiger partial charge in [-0.2, -0.15) is 0 Å². The molecule has 2 aromatic heterocycles. The first-order chi connectivity index (χ1) is 6.83. The quantitative estimate of drug-likeness (QED) is 0.837. The molecule has 0 amide bonds. The van der Waals surface area contributed by atoms with Crippen LogP contribution in [0.2, 0.25) is 0 Å². The van der Waals surface area contributed by atoms with Crippen molar-refractivity contribution in [3.63, 3.8) is 0 Å².